The molecule has 0 unspecified atom stereocenters. The molecule has 1 N–H and O–H groups in total. The lowest BCUT2D eigenvalue weighted by Crippen LogP contribution is -2.58. The molecule has 76 valence electrons. The van der Waals surface area contributed by atoms with Gasteiger partial charge in [-0.15, -0.1) is 0 Å². The number of amides is 1. The molecule has 0 aliphatic carbocycles. The highest BCUT2D eigenvalue weighted by Crippen LogP contribution is 2.25. The average molecular weight is 209 g/mol. The van der Waals surface area contributed by atoms with Gasteiger partial charge in [0.2, 0.25) is 5.94 Å². The maximum atomic E-state index is 11.0. The molecule has 0 aromatic carbocycles. The van der Waals surface area contributed by atoms with Crippen LogP contribution < -0.4 is 0 Å². The highest BCUT2D eigenvalue weighted by Gasteiger charge is 2.42. The van der Waals surface area contributed by atoms with Crippen molar-refractivity contribution in [3.05, 3.63) is 0 Å². The maximum absolute atomic E-state index is 11.0. The van der Waals surface area contributed by atoms with E-state index in [1.54, 1.807) is 13.8 Å². The Morgan fingerprint density at radius 3 is 2.46 bits per heavy atom. The van der Waals surface area contributed by atoms with E-state index in [1.807, 2.05) is 0 Å². The summed E-state index contributed by atoms with van der Waals surface area (Å²) in [4.78, 5) is 15.6. The quantitative estimate of drug-likeness (QED) is 0.506. The fourth-order valence-corrected chi connectivity index (χ4v) is 1.28. The highest BCUT2D eigenvalue weighted by molar-refractivity contribution is 7.85. The number of β-lactam (4-membered cyclic amide) rings is 1. The lowest BCUT2D eigenvalue weighted by molar-refractivity contribution is -0.230. The second-order valence-corrected chi connectivity index (χ2v) is 4.42. The summed E-state index contributed by atoms with van der Waals surface area (Å²) in [6.45, 7) is 3.45. The van der Waals surface area contributed by atoms with Crippen LogP contribution in [0.3, 0.4) is 0 Å². The van der Waals surface area contributed by atoms with E-state index in [9.17, 15) is 13.2 Å². The van der Waals surface area contributed by atoms with Crippen LogP contribution in [0, 0.1) is 5.92 Å². The SMILES string of the molecule is C[C@@H]1C(=O)N(OCS(=O)(=O)O)[C@H]1C. The van der Waals surface area contributed by atoms with Crippen molar-refractivity contribution in [1.29, 1.82) is 0 Å². The molecule has 0 aromatic heterocycles. The van der Waals surface area contributed by atoms with Crippen LogP contribution in [0.4, 0.5) is 0 Å². The van der Waals surface area contributed by atoms with Gasteiger partial charge in [0, 0.05) is 0 Å². The molecule has 0 radical (unpaired) electrons. The number of rotatable bonds is 3. The molecule has 0 spiro atoms. The standard InChI is InChI=1S/C6H11NO5S/c1-4-5(2)7(6(4)8)12-3-13(9,10)11/h4-5H,3H2,1-2H3,(H,9,10,11)/t4-,5-/m0/s1. The van der Waals surface area contributed by atoms with Crippen LogP contribution in [0.25, 0.3) is 0 Å². The molecule has 0 aromatic rings. The minimum Gasteiger partial charge on any atom is -0.284 e. The Balaban J connectivity index is 2.45. The monoisotopic (exact) mass is 209 g/mol. The van der Waals surface area contributed by atoms with Gasteiger partial charge in [-0.05, 0) is 6.92 Å². The van der Waals surface area contributed by atoms with Crippen molar-refractivity contribution < 1.29 is 22.6 Å². The van der Waals surface area contributed by atoms with E-state index in [-0.39, 0.29) is 17.9 Å². The zero-order valence-corrected chi connectivity index (χ0v) is 8.11. The summed E-state index contributed by atoms with van der Waals surface area (Å²) >= 11 is 0. The Morgan fingerprint density at radius 1 is 1.54 bits per heavy atom. The summed E-state index contributed by atoms with van der Waals surface area (Å²) < 4.78 is 28.9. The van der Waals surface area contributed by atoms with Crippen LogP contribution in [0.1, 0.15) is 13.8 Å². The van der Waals surface area contributed by atoms with Crippen LogP contribution in [-0.4, -0.2) is 35.9 Å². The van der Waals surface area contributed by atoms with Gasteiger partial charge in [-0.2, -0.15) is 8.42 Å². The largest absolute Gasteiger partial charge is 0.292 e. The van der Waals surface area contributed by atoms with Crippen molar-refractivity contribution >= 4 is 16.0 Å². The zero-order valence-electron chi connectivity index (χ0n) is 7.30. The van der Waals surface area contributed by atoms with Gasteiger partial charge in [0.25, 0.3) is 16.0 Å². The first-order valence-corrected chi connectivity index (χ1v) is 5.35. The van der Waals surface area contributed by atoms with Gasteiger partial charge in [0.15, 0.2) is 0 Å². The minimum atomic E-state index is -4.18. The van der Waals surface area contributed by atoms with Crippen molar-refractivity contribution in [1.82, 2.24) is 5.06 Å². The smallest absolute Gasteiger partial charge is 0.284 e. The molecule has 0 saturated carbocycles. The topological polar surface area (TPSA) is 83.9 Å². The minimum absolute atomic E-state index is 0.144. The van der Waals surface area contributed by atoms with Crippen LogP contribution in [-0.2, 0) is 19.8 Å². The number of carbonyl (C=O) groups is 1. The third kappa shape index (κ3) is 2.17. The van der Waals surface area contributed by atoms with Gasteiger partial charge in [-0.1, -0.05) is 6.92 Å². The van der Waals surface area contributed by atoms with Crippen molar-refractivity contribution in [2.75, 3.05) is 5.94 Å². The number of hydrogen-bond donors (Lipinski definition) is 1. The molecule has 1 heterocycles. The first-order chi connectivity index (χ1) is 5.83. The lowest BCUT2D eigenvalue weighted by atomic mass is 9.94. The summed E-state index contributed by atoms with van der Waals surface area (Å²) in [5, 5.41) is 0.957. The van der Waals surface area contributed by atoms with Gasteiger partial charge in [-0.25, -0.2) is 5.06 Å². The molecule has 1 saturated heterocycles. The van der Waals surface area contributed by atoms with E-state index < -0.39 is 16.1 Å². The predicted octanol–water partition coefficient (Wildman–Crippen LogP) is -0.370. The van der Waals surface area contributed by atoms with Gasteiger partial charge in [-0.3, -0.25) is 14.2 Å². The van der Waals surface area contributed by atoms with Gasteiger partial charge in [0.1, 0.15) is 0 Å². The zero-order chi connectivity index (χ0) is 10.2. The van der Waals surface area contributed by atoms with E-state index in [1.165, 1.54) is 0 Å². The maximum Gasteiger partial charge on any atom is 0.292 e. The third-order valence-corrected chi connectivity index (χ3v) is 2.44. The van der Waals surface area contributed by atoms with E-state index in [2.05, 4.69) is 4.84 Å². The van der Waals surface area contributed by atoms with Crippen molar-refractivity contribution in [3.63, 3.8) is 0 Å². The fourth-order valence-electron chi connectivity index (χ4n) is 1.03. The first-order valence-electron chi connectivity index (χ1n) is 3.74. The second-order valence-electron chi connectivity index (χ2n) is 3.02. The fraction of sp³-hybridized carbons (Fsp3) is 0.833. The van der Waals surface area contributed by atoms with E-state index in [0.717, 1.165) is 5.06 Å². The Bertz CT molecular complexity index is 311. The molecule has 2 atom stereocenters. The van der Waals surface area contributed by atoms with Crippen LogP contribution in [0.5, 0.6) is 0 Å². The molecular weight excluding hydrogens is 198 g/mol. The van der Waals surface area contributed by atoms with Gasteiger partial charge >= 0.3 is 0 Å². The molecule has 1 aliphatic heterocycles. The molecular formula is C6H11NO5S. The van der Waals surface area contributed by atoms with Crippen molar-refractivity contribution in [2.24, 2.45) is 5.92 Å². The number of hydrogen-bond acceptors (Lipinski definition) is 4. The Kier molecular flexibility index (Phi) is 2.60. The van der Waals surface area contributed by atoms with E-state index in [4.69, 9.17) is 4.55 Å². The number of hydroxylamine groups is 2. The molecule has 1 aliphatic rings. The van der Waals surface area contributed by atoms with Gasteiger partial charge in [0.05, 0.1) is 12.0 Å². The highest BCUT2D eigenvalue weighted by atomic mass is 32.2. The lowest BCUT2D eigenvalue weighted by Gasteiger charge is -2.41. The summed E-state index contributed by atoms with van der Waals surface area (Å²) in [5.74, 6) is -1.30. The van der Waals surface area contributed by atoms with Crippen molar-refractivity contribution in [2.45, 2.75) is 19.9 Å². The Labute approximate surface area is 76.2 Å². The average Bonchev–Trinajstić information content (AvgIpc) is 2.01. The van der Waals surface area contributed by atoms with Crippen LogP contribution in [0.2, 0.25) is 0 Å². The number of nitrogens with zero attached hydrogens (tertiary/aromatic N) is 1. The third-order valence-electron chi connectivity index (χ3n) is 2.04. The molecule has 0 bridgehead atoms. The Hall–Kier alpha value is -0.660. The molecule has 6 nitrogen and oxygen atoms in total. The predicted molar refractivity (Wildman–Crippen MR) is 43.0 cm³/mol. The van der Waals surface area contributed by atoms with Crippen LogP contribution >= 0.6 is 0 Å². The summed E-state index contributed by atoms with van der Waals surface area (Å²) in [6, 6.07) is -0.144. The molecule has 7 heteroatoms. The second kappa shape index (κ2) is 3.24. The van der Waals surface area contributed by atoms with Crippen molar-refractivity contribution in [3.8, 4) is 0 Å². The summed E-state index contributed by atoms with van der Waals surface area (Å²) in [6.07, 6.45) is 0. The summed E-state index contributed by atoms with van der Waals surface area (Å²) in [7, 11) is -4.18. The number of carbonyl (C=O) groups excluding carboxylic acids is 1. The first kappa shape index (κ1) is 10.4. The Morgan fingerprint density at radius 2 is 2.08 bits per heavy atom. The normalized spacial score (nSPS) is 28.8. The molecule has 13 heavy (non-hydrogen) atoms. The molecule has 1 fully saturated rings. The van der Waals surface area contributed by atoms with E-state index >= 15 is 0 Å². The van der Waals surface area contributed by atoms with Gasteiger partial charge < -0.3 is 0 Å². The molecule has 1 rings (SSSR count). The molecule has 1 amide bonds. The van der Waals surface area contributed by atoms with E-state index in [0.29, 0.717) is 0 Å². The summed E-state index contributed by atoms with van der Waals surface area (Å²) in [5.41, 5.74) is 0. The van der Waals surface area contributed by atoms with Crippen LogP contribution in [0.15, 0.2) is 0 Å².